The number of thiol groups is 1. The molecule has 1 rings (SSSR count). The third kappa shape index (κ3) is 2.35. The van der Waals surface area contributed by atoms with Crippen LogP contribution in [-0.2, 0) is 0 Å². The number of rotatable bonds is 1. The Balaban J connectivity index is 0.00000121. The average Bonchev–Trinajstić information content (AvgIpc) is 1.85. The molecule has 0 radical (unpaired) electrons. The number of carbonyl (C=O) groups excluding carboxylic acids is 1. The van der Waals surface area contributed by atoms with E-state index in [4.69, 9.17) is 17.3 Å². The monoisotopic (exact) mass is 205 g/mol. The van der Waals surface area contributed by atoms with Crippen LogP contribution < -0.4 is 5.73 Å². The third-order valence-corrected chi connectivity index (χ3v) is 1.50. The standard InChI is InChI=1S/C5H4ClN3OS.CH4/c6-3-2(4(7)10)1-8-5(11)9-3;/h1H,(H2,7,10)(H,8,9,11);1H4. The number of aromatic nitrogens is 2. The zero-order valence-corrected chi connectivity index (χ0v) is 6.93. The molecular formula is C6H8ClN3OS. The van der Waals surface area contributed by atoms with E-state index in [1.54, 1.807) is 0 Å². The van der Waals surface area contributed by atoms with Crippen molar-refractivity contribution in [2.45, 2.75) is 12.6 Å². The third-order valence-electron chi connectivity index (χ3n) is 0.995. The Morgan fingerprint density at radius 2 is 2.25 bits per heavy atom. The number of primary amides is 1. The van der Waals surface area contributed by atoms with Crippen LogP contribution in [0.3, 0.4) is 0 Å². The van der Waals surface area contributed by atoms with E-state index in [0.29, 0.717) is 0 Å². The molecular weight excluding hydrogens is 198 g/mol. The van der Waals surface area contributed by atoms with Crippen LogP contribution in [0.4, 0.5) is 0 Å². The minimum absolute atomic E-state index is 0. The number of carbonyl (C=O) groups is 1. The van der Waals surface area contributed by atoms with Crippen LogP contribution in [0.15, 0.2) is 11.4 Å². The topological polar surface area (TPSA) is 68.9 Å². The number of nitrogens with zero attached hydrogens (tertiary/aromatic N) is 2. The Labute approximate surface area is 80.6 Å². The van der Waals surface area contributed by atoms with Gasteiger partial charge >= 0.3 is 0 Å². The van der Waals surface area contributed by atoms with Crippen molar-refractivity contribution in [3.63, 3.8) is 0 Å². The number of nitrogens with two attached hydrogens (primary N) is 1. The number of halogens is 1. The van der Waals surface area contributed by atoms with E-state index < -0.39 is 5.91 Å². The molecule has 0 fully saturated rings. The lowest BCUT2D eigenvalue weighted by molar-refractivity contribution is 0.0999. The van der Waals surface area contributed by atoms with Crippen LogP contribution in [0.2, 0.25) is 5.15 Å². The van der Waals surface area contributed by atoms with Crippen LogP contribution in [0.1, 0.15) is 17.8 Å². The predicted molar refractivity (Wildman–Crippen MR) is 49.5 cm³/mol. The fourth-order valence-corrected chi connectivity index (χ4v) is 0.956. The maximum Gasteiger partial charge on any atom is 0.253 e. The average molecular weight is 206 g/mol. The fraction of sp³-hybridized carbons (Fsp3) is 0.167. The molecule has 0 saturated heterocycles. The number of hydrogen-bond acceptors (Lipinski definition) is 4. The zero-order chi connectivity index (χ0) is 8.43. The molecule has 66 valence electrons. The Hall–Kier alpha value is -0.810. The molecule has 0 bridgehead atoms. The molecule has 2 N–H and O–H groups in total. The normalized spacial score (nSPS) is 8.83. The molecule has 0 aliphatic heterocycles. The van der Waals surface area contributed by atoms with E-state index in [2.05, 4.69) is 22.6 Å². The lowest BCUT2D eigenvalue weighted by Crippen LogP contribution is -2.12. The second-order valence-corrected chi connectivity index (χ2v) is 2.50. The summed E-state index contributed by atoms with van der Waals surface area (Å²) in [5.74, 6) is -0.650. The van der Waals surface area contributed by atoms with Gasteiger partial charge < -0.3 is 5.73 Å². The van der Waals surface area contributed by atoms with Gasteiger partial charge in [0.05, 0.1) is 5.56 Å². The van der Waals surface area contributed by atoms with Gasteiger partial charge in [0, 0.05) is 6.20 Å². The second-order valence-electron chi connectivity index (χ2n) is 1.74. The highest BCUT2D eigenvalue weighted by Crippen LogP contribution is 2.11. The Morgan fingerprint density at radius 1 is 1.67 bits per heavy atom. The van der Waals surface area contributed by atoms with Crippen molar-refractivity contribution in [2.75, 3.05) is 0 Å². The van der Waals surface area contributed by atoms with Crippen molar-refractivity contribution in [1.82, 2.24) is 9.97 Å². The highest BCUT2D eigenvalue weighted by Gasteiger charge is 2.07. The summed E-state index contributed by atoms with van der Waals surface area (Å²) in [6.07, 6.45) is 1.24. The first-order valence-electron chi connectivity index (χ1n) is 2.62. The van der Waals surface area contributed by atoms with Gasteiger partial charge in [0.2, 0.25) is 0 Å². The molecule has 1 aromatic rings. The van der Waals surface area contributed by atoms with E-state index in [1.165, 1.54) is 6.20 Å². The summed E-state index contributed by atoms with van der Waals surface area (Å²) in [6, 6.07) is 0. The molecule has 0 aromatic carbocycles. The zero-order valence-electron chi connectivity index (χ0n) is 5.28. The molecule has 12 heavy (non-hydrogen) atoms. The largest absolute Gasteiger partial charge is 0.365 e. The summed E-state index contributed by atoms with van der Waals surface area (Å²) >= 11 is 9.33. The van der Waals surface area contributed by atoms with Crippen molar-refractivity contribution in [2.24, 2.45) is 5.73 Å². The smallest absolute Gasteiger partial charge is 0.253 e. The van der Waals surface area contributed by atoms with Gasteiger partial charge in [-0.1, -0.05) is 19.0 Å². The van der Waals surface area contributed by atoms with Crippen LogP contribution in [0.5, 0.6) is 0 Å². The van der Waals surface area contributed by atoms with Gasteiger partial charge in [-0.2, -0.15) is 0 Å². The van der Waals surface area contributed by atoms with Crippen molar-refractivity contribution < 1.29 is 4.79 Å². The van der Waals surface area contributed by atoms with Gasteiger partial charge in [-0.25, -0.2) is 9.97 Å². The number of hydrogen-bond donors (Lipinski definition) is 2. The van der Waals surface area contributed by atoms with Gasteiger partial charge in [-0.3, -0.25) is 4.79 Å². The summed E-state index contributed by atoms with van der Waals surface area (Å²) in [5.41, 5.74) is 5.04. The first-order chi connectivity index (χ1) is 5.11. The van der Waals surface area contributed by atoms with Gasteiger partial charge in [-0.05, 0) is 0 Å². The quantitative estimate of drug-likeness (QED) is 0.411. The molecule has 0 spiro atoms. The van der Waals surface area contributed by atoms with Crippen LogP contribution >= 0.6 is 24.2 Å². The van der Waals surface area contributed by atoms with E-state index in [0.717, 1.165) is 0 Å². The molecule has 0 aliphatic carbocycles. The molecule has 1 amide bonds. The van der Waals surface area contributed by atoms with E-state index in [9.17, 15) is 4.79 Å². The first-order valence-corrected chi connectivity index (χ1v) is 3.45. The SMILES string of the molecule is C.NC(=O)c1cnc(S)nc1Cl. The van der Waals surface area contributed by atoms with Crippen LogP contribution in [0, 0.1) is 0 Å². The van der Waals surface area contributed by atoms with Crippen LogP contribution in [-0.4, -0.2) is 15.9 Å². The van der Waals surface area contributed by atoms with Gasteiger partial charge in [-0.15, -0.1) is 12.6 Å². The summed E-state index contributed by atoms with van der Waals surface area (Å²) in [4.78, 5) is 17.8. The van der Waals surface area contributed by atoms with Gasteiger partial charge in [0.15, 0.2) is 5.16 Å². The molecule has 6 heteroatoms. The highest BCUT2D eigenvalue weighted by atomic mass is 35.5. The second kappa shape index (κ2) is 4.27. The highest BCUT2D eigenvalue weighted by molar-refractivity contribution is 7.80. The maximum atomic E-state index is 10.6. The molecule has 1 heterocycles. The Bertz CT molecular complexity index is 305. The molecule has 1 aromatic heterocycles. The van der Waals surface area contributed by atoms with Gasteiger partial charge in [0.1, 0.15) is 5.15 Å². The van der Waals surface area contributed by atoms with E-state index in [-0.39, 0.29) is 23.3 Å². The molecule has 0 aliphatic rings. The minimum Gasteiger partial charge on any atom is -0.365 e. The van der Waals surface area contributed by atoms with Crippen molar-refractivity contribution in [3.05, 3.63) is 16.9 Å². The number of amides is 1. The molecule has 0 saturated carbocycles. The summed E-state index contributed by atoms with van der Waals surface area (Å²) in [7, 11) is 0. The lowest BCUT2D eigenvalue weighted by Gasteiger charge is -1.96. The molecule has 0 unspecified atom stereocenters. The summed E-state index contributed by atoms with van der Waals surface area (Å²) in [5, 5.41) is 0.234. The Kier molecular flexibility index (Phi) is 3.99. The van der Waals surface area contributed by atoms with E-state index in [1.807, 2.05) is 0 Å². The van der Waals surface area contributed by atoms with Crippen molar-refractivity contribution in [3.8, 4) is 0 Å². The van der Waals surface area contributed by atoms with Crippen molar-refractivity contribution >= 4 is 30.1 Å². The van der Waals surface area contributed by atoms with E-state index >= 15 is 0 Å². The molecule has 4 nitrogen and oxygen atoms in total. The maximum absolute atomic E-state index is 10.6. The fourth-order valence-electron chi connectivity index (χ4n) is 0.518. The van der Waals surface area contributed by atoms with Gasteiger partial charge in [0.25, 0.3) is 5.91 Å². The predicted octanol–water partition coefficient (Wildman–Crippen LogP) is 1.15. The Morgan fingerprint density at radius 3 is 2.67 bits per heavy atom. The van der Waals surface area contributed by atoms with Crippen molar-refractivity contribution in [1.29, 1.82) is 0 Å². The minimum atomic E-state index is -0.650. The summed E-state index contributed by atoms with van der Waals surface area (Å²) < 4.78 is 0. The first kappa shape index (κ1) is 11.2. The summed E-state index contributed by atoms with van der Waals surface area (Å²) in [6.45, 7) is 0. The van der Waals surface area contributed by atoms with Crippen LogP contribution in [0.25, 0.3) is 0 Å². The lowest BCUT2D eigenvalue weighted by atomic mass is 10.3. The molecule has 0 atom stereocenters.